The molecule has 0 fully saturated rings. The topological polar surface area (TPSA) is 75.3 Å². The molecule has 0 aliphatic carbocycles. The second-order valence-corrected chi connectivity index (χ2v) is 5.49. The van der Waals surface area contributed by atoms with Crippen LogP contribution >= 0.6 is 11.6 Å². The van der Waals surface area contributed by atoms with Gasteiger partial charge in [-0.25, -0.2) is 0 Å². The third kappa shape index (κ3) is 6.28. The fraction of sp³-hybridized carbons (Fsp3) is 0.438. The second-order valence-electron chi connectivity index (χ2n) is 5.05. The van der Waals surface area contributed by atoms with E-state index < -0.39 is 0 Å². The highest BCUT2D eigenvalue weighted by Gasteiger charge is 2.02. The largest absolute Gasteiger partial charge is 0.357 e. The summed E-state index contributed by atoms with van der Waals surface area (Å²) in [5.74, 6) is 2.04. The molecule has 2 aromatic rings. The predicted molar refractivity (Wildman–Crippen MR) is 91.9 cm³/mol. The summed E-state index contributed by atoms with van der Waals surface area (Å²) in [5.41, 5.74) is 1.20. The van der Waals surface area contributed by atoms with E-state index in [-0.39, 0.29) is 0 Å². The monoisotopic (exact) mass is 335 g/mol. The summed E-state index contributed by atoms with van der Waals surface area (Å²) in [4.78, 5) is 8.67. The van der Waals surface area contributed by atoms with E-state index in [2.05, 4.69) is 31.8 Å². The van der Waals surface area contributed by atoms with Crippen molar-refractivity contribution in [1.82, 2.24) is 20.8 Å². The summed E-state index contributed by atoms with van der Waals surface area (Å²) < 4.78 is 5.07. The van der Waals surface area contributed by atoms with Gasteiger partial charge in [-0.3, -0.25) is 4.99 Å². The Kier molecular flexibility index (Phi) is 6.87. The van der Waals surface area contributed by atoms with Gasteiger partial charge in [-0.05, 0) is 38.0 Å². The molecule has 0 atom stereocenters. The molecule has 1 aromatic carbocycles. The molecule has 7 heteroatoms. The van der Waals surface area contributed by atoms with Crippen LogP contribution in [0, 0.1) is 6.92 Å². The van der Waals surface area contributed by atoms with Crippen LogP contribution in [-0.2, 0) is 12.8 Å². The molecule has 23 heavy (non-hydrogen) atoms. The summed E-state index contributed by atoms with van der Waals surface area (Å²) in [5, 5.41) is 11.1. The molecular weight excluding hydrogens is 314 g/mol. The van der Waals surface area contributed by atoms with Gasteiger partial charge in [-0.1, -0.05) is 28.9 Å². The molecule has 0 saturated carbocycles. The Labute approximate surface area is 141 Å². The van der Waals surface area contributed by atoms with Crippen LogP contribution in [-0.4, -0.2) is 35.7 Å². The summed E-state index contributed by atoms with van der Waals surface area (Å²) in [6.45, 7) is 6.02. The minimum Gasteiger partial charge on any atom is -0.357 e. The molecule has 124 valence electrons. The Balaban J connectivity index is 1.79. The van der Waals surface area contributed by atoms with Crippen LogP contribution in [0.4, 0.5) is 0 Å². The van der Waals surface area contributed by atoms with Crippen molar-refractivity contribution in [3.8, 4) is 0 Å². The van der Waals surface area contributed by atoms with Crippen molar-refractivity contribution >= 4 is 17.6 Å². The average Bonchev–Trinajstić information content (AvgIpc) is 2.93. The third-order valence-electron chi connectivity index (χ3n) is 3.10. The van der Waals surface area contributed by atoms with Gasteiger partial charge in [0.05, 0.1) is 6.54 Å². The molecule has 1 heterocycles. The smallest absolute Gasteiger partial charge is 0.228 e. The molecule has 6 nitrogen and oxygen atoms in total. The van der Waals surface area contributed by atoms with E-state index in [1.807, 2.05) is 25.1 Å². The Morgan fingerprint density at radius 3 is 2.87 bits per heavy atom. The van der Waals surface area contributed by atoms with Crippen LogP contribution < -0.4 is 10.6 Å². The zero-order valence-electron chi connectivity index (χ0n) is 13.5. The van der Waals surface area contributed by atoms with E-state index in [9.17, 15) is 0 Å². The van der Waals surface area contributed by atoms with Crippen molar-refractivity contribution < 1.29 is 4.52 Å². The molecule has 2 N–H and O–H groups in total. The number of nitrogens with zero attached hydrogens (tertiary/aromatic N) is 3. The van der Waals surface area contributed by atoms with Crippen molar-refractivity contribution in [3.05, 3.63) is 46.6 Å². The van der Waals surface area contributed by atoms with Crippen LogP contribution in [0.1, 0.15) is 24.2 Å². The number of aromatic nitrogens is 2. The molecule has 0 radical (unpaired) electrons. The predicted octanol–water partition coefficient (Wildman–Crippen LogP) is 2.37. The third-order valence-corrected chi connectivity index (χ3v) is 3.34. The Morgan fingerprint density at radius 2 is 2.17 bits per heavy atom. The molecule has 0 bridgehead atoms. The summed E-state index contributed by atoms with van der Waals surface area (Å²) >= 11 is 5.99. The van der Waals surface area contributed by atoms with Crippen LogP contribution in [0.15, 0.2) is 33.8 Å². The van der Waals surface area contributed by atoms with Crippen molar-refractivity contribution in [1.29, 1.82) is 0 Å². The van der Waals surface area contributed by atoms with Crippen LogP contribution in [0.2, 0.25) is 5.02 Å². The molecule has 0 amide bonds. The lowest BCUT2D eigenvalue weighted by Crippen LogP contribution is -2.38. The molecule has 1 aromatic heterocycles. The van der Waals surface area contributed by atoms with Gasteiger partial charge in [0, 0.05) is 24.5 Å². The average molecular weight is 336 g/mol. The number of hydrogen-bond donors (Lipinski definition) is 2. The molecule has 2 rings (SSSR count). The van der Waals surface area contributed by atoms with E-state index in [1.54, 1.807) is 6.92 Å². The quantitative estimate of drug-likeness (QED) is 0.600. The van der Waals surface area contributed by atoms with E-state index in [0.717, 1.165) is 30.5 Å². The Morgan fingerprint density at radius 1 is 1.30 bits per heavy atom. The van der Waals surface area contributed by atoms with E-state index in [0.29, 0.717) is 24.7 Å². The van der Waals surface area contributed by atoms with Gasteiger partial charge in [0.25, 0.3) is 0 Å². The molecule has 0 spiro atoms. The van der Waals surface area contributed by atoms with Crippen molar-refractivity contribution in [2.45, 2.75) is 26.7 Å². The second kappa shape index (κ2) is 9.15. The maximum atomic E-state index is 5.99. The number of hydrogen-bond acceptors (Lipinski definition) is 4. The van der Waals surface area contributed by atoms with Gasteiger partial charge in [-0.15, -0.1) is 0 Å². The van der Waals surface area contributed by atoms with Crippen molar-refractivity contribution in [2.75, 3.05) is 19.6 Å². The number of aryl methyl sites for hydroxylation is 1. The molecule has 0 aliphatic rings. The standard InChI is InChI=1S/C16H22ClN5O/c1-3-18-16(20-10-8-15-21-12(2)22-23-15)19-9-7-13-5-4-6-14(17)11-13/h4-6,11H,3,7-10H2,1-2H3,(H2,18,19,20). The fourth-order valence-electron chi connectivity index (χ4n) is 2.06. The molecule has 0 aliphatic heterocycles. The zero-order valence-corrected chi connectivity index (χ0v) is 14.2. The van der Waals surface area contributed by atoms with Gasteiger partial charge in [0.1, 0.15) is 0 Å². The number of benzene rings is 1. The minimum absolute atomic E-state index is 0.591. The lowest BCUT2D eigenvalue weighted by Gasteiger charge is -2.11. The minimum atomic E-state index is 0.591. The lowest BCUT2D eigenvalue weighted by molar-refractivity contribution is 0.376. The van der Waals surface area contributed by atoms with Crippen LogP contribution in [0.25, 0.3) is 0 Å². The molecule has 0 saturated heterocycles. The van der Waals surface area contributed by atoms with E-state index >= 15 is 0 Å². The highest BCUT2D eigenvalue weighted by molar-refractivity contribution is 6.30. The van der Waals surface area contributed by atoms with Gasteiger partial charge in [-0.2, -0.15) is 4.98 Å². The van der Waals surface area contributed by atoms with Crippen LogP contribution in [0.5, 0.6) is 0 Å². The first-order valence-corrected chi connectivity index (χ1v) is 8.11. The summed E-state index contributed by atoms with van der Waals surface area (Å²) in [6, 6.07) is 7.88. The first-order valence-electron chi connectivity index (χ1n) is 7.73. The lowest BCUT2D eigenvalue weighted by atomic mass is 10.1. The van der Waals surface area contributed by atoms with E-state index in [4.69, 9.17) is 16.1 Å². The Bertz CT molecular complexity index is 641. The highest BCUT2D eigenvalue weighted by atomic mass is 35.5. The zero-order chi connectivity index (χ0) is 16.5. The fourth-order valence-corrected chi connectivity index (χ4v) is 2.28. The van der Waals surface area contributed by atoms with Gasteiger partial charge >= 0.3 is 0 Å². The number of guanidine groups is 1. The van der Waals surface area contributed by atoms with Crippen LogP contribution in [0.3, 0.4) is 0 Å². The van der Waals surface area contributed by atoms with Gasteiger partial charge in [0.15, 0.2) is 11.8 Å². The number of halogens is 1. The maximum absolute atomic E-state index is 5.99. The SMILES string of the molecule is CCNC(=NCCc1nc(C)no1)NCCc1cccc(Cl)c1. The Hall–Kier alpha value is -2.08. The van der Waals surface area contributed by atoms with Gasteiger partial charge < -0.3 is 15.2 Å². The van der Waals surface area contributed by atoms with Crippen molar-refractivity contribution in [2.24, 2.45) is 4.99 Å². The number of aliphatic imine (C=N–C) groups is 1. The van der Waals surface area contributed by atoms with Gasteiger partial charge in [0.2, 0.25) is 5.89 Å². The first-order chi connectivity index (χ1) is 11.2. The first kappa shape index (κ1) is 17.3. The molecular formula is C16H22ClN5O. The highest BCUT2D eigenvalue weighted by Crippen LogP contribution is 2.10. The number of rotatable bonds is 7. The number of nitrogens with one attached hydrogen (secondary N) is 2. The summed E-state index contributed by atoms with van der Waals surface area (Å²) in [6.07, 6.45) is 1.51. The molecule has 0 unspecified atom stereocenters. The maximum Gasteiger partial charge on any atom is 0.228 e. The van der Waals surface area contributed by atoms with Crippen molar-refractivity contribution in [3.63, 3.8) is 0 Å². The summed E-state index contributed by atoms with van der Waals surface area (Å²) in [7, 11) is 0. The normalized spacial score (nSPS) is 11.5. The van der Waals surface area contributed by atoms with E-state index in [1.165, 1.54) is 5.56 Å².